The van der Waals surface area contributed by atoms with Crippen LogP contribution in [0.1, 0.15) is 25.8 Å². The number of rotatable bonds is 2. The van der Waals surface area contributed by atoms with Crippen molar-refractivity contribution in [1.82, 2.24) is 5.32 Å². The number of nitrogens with zero attached hydrogens (tertiary/aromatic N) is 2. The van der Waals surface area contributed by atoms with Crippen molar-refractivity contribution < 1.29 is 0 Å². The van der Waals surface area contributed by atoms with Crippen LogP contribution in [-0.4, -0.2) is 5.84 Å². The fourth-order valence-corrected chi connectivity index (χ4v) is 1.95. The van der Waals surface area contributed by atoms with Crippen LogP contribution < -0.4 is 5.32 Å². The van der Waals surface area contributed by atoms with Crippen LogP contribution in [0.3, 0.4) is 0 Å². The van der Waals surface area contributed by atoms with Gasteiger partial charge in [-0.25, -0.2) is 4.99 Å². The Hall–Kier alpha value is -2.34. The maximum atomic E-state index is 8.79. The molecule has 0 aromatic heterocycles. The zero-order chi connectivity index (χ0) is 13.7. The summed E-state index contributed by atoms with van der Waals surface area (Å²) >= 11 is 0. The Morgan fingerprint density at radius 2 is 2.05 bits per heavy atom. The van der Waals surface area contributed by atoms with Crippen LogP contribution in [0.25, 0.3) is 0 Å². The molecule has 0 spiro atoms. The highest BCUT2D eigenvalue weighted by atomic mass is 15.0. The third-order valence-electron chi connectivity index (χ3n) is 3.05. The van der Waals surface area contributed by atoms with Crippen LogP contribution >= 0.6 is 0 Å². The third-order valence-corrected chi connectivity index (χ3v) is 3.05. The van der Waals surface area contributed by atoms with Crippen LogP contribution in [-0.2, 0) is 0 Å². The van der Waals surface area contributed by atoms with Crippen molar-refractivity contribution in [3.63, 3.8) is 0 Å². The van der Waals surface area contributed by atoms with E-state index in [1.165, 1.54) is 0 Å². The number of nitriles is 1. The van der Waals surface area contributed by atoms with Gasteiger partial charge in [0.1, 0.15) is 5.84 Å². The highest BCUT2D eigenvalue weighted by Crippen LogP contribution is 2.18. The summed E-state index contributed by atoms with van der Waals surface area (Å²) < 4.78 is 0. The smallest absolute Gasteiger partial charge is 0.113 e. The van der Waals surface area contributed by atoms with E-state index >= 15 is 0 Å². The number of aliphatic imine (C=N–C) groups is 1. The molecule has 1 unspecified atom stereocenters. The highest BCUT2D eigenvalue weighted by molar-refractivity contribution is 5.90. The molecule has 0 saturated heterocycles. The van der Waals surface area contributed by atoms with E-state index in [4.69, 9.17) is 5.26 Å². The van der Waals surface area contributed by atoms with Crippen molar-refractivity contribution in [1.29, 1.82) is 5.26 Å². The molecule has 3 heteroatoms. The summed E-state index contributed by atoms with van der Waals surface area (Å²) in [5.74, 6) is 1.25. The van der Waals surface area contributed by atoms with Gasteiger partial charge in [-0.1, -0.05) is 19.1 Å². The molecular weight excluding hydrogens is 234 g/mol. The minimum Gasteiger partial charge on any atom is -0.347 e. The molecule has 19 heavy (non-hydrogen) atoms. The Labute approximate surface area is 114 Å². The lowest BCUT2D eigenvalue weighted by atomic mass is 10.1. The first-order valence-electron chi connectivity index (χ1n) is 6.43. The molecule has 1 aliphatic rings. The molecule has 0 amide bonds. The van der Waals surface area contributed by atoms with E-state index in [1.807, 2.05) is 25.1 Å². The lowest BCUT2D eigenvalue weighted by Gasteiger charge is -2.14. The largest absolute Gasteiger partial charge is 0.347 e. The molecule has 1 heterocycles. The predicted octanol–water partition coefficient (Wildman–Crippen LogP) is 3.68. The van der Waals surface area contributed by atoms with Crippen molar-refractivity contribution in [2.75, 3.05) is 0 Å². The minimum atomic E-state index is 0.296. The van der Waals surface area contributed by atoms with Crippen molar-refractivity contribution in [3.8, 4) is 6.07 Å². The molecule has 1 N–H and O–H groups in total. The van der Waals surface area contributed by atoms with Crippen LogP contribution in [0.15, 0.2) is 53.2 Å². The molecule has 1 atom stereocenters. The van der Waals surface area contributed by atoms with Gasteiger partial charge in [-0.15, -0.1) is 0 Å². The van der Waals surface area contributed by atoms with Crippen molar-refractivity contribution in [3.05, 3.63) is 53.8 Å². The molecule has 1 aromatic rings. The molecule has 3 nitrogen and oxygen atoms in total. The summed E-state index contributed by atoms with van der Waals surface area (Å²) in [5, 5.41) is 12.1. The average Bonchev–Trinajstić information content (AvgIpc) is 2.60. The second-order valence-corrected chi connectivity index (χ2v) is 4.53. The fourth-order valence-electron chi connectivity index (χ4n) is 1.95. The third kappa shape index (κ3) is 3.32. The Kier molecular flexibility index (Phi) is 4.15. The first-order valence-corrected chi connectivity index (χ1v) is 6.43. The van der Waals surface area contributed by atoms with Gasteiger partial charge in [-0.3, -0.25) is 0 Å². The van der Waals surface area contributed by atoms with E-state index in [1.54, 1.807) is 12.1 Å². The number of hydrogen-bond donors (Lipinski definition) is 1. The molecule has 1 aliphatic heterocycles. The first-order chi connectivity index (χ1) is 9.22. The van der Waals surface area contributed by atoms with Gasteiger partial charge in [-0.05, 0) is 43.7 Å². The second kappa shape index (κ2) is 6.01. The van der Waals surface area contributed by atoms with E-state index in [2.05, 4.69) is 35.5 Å². The number of amidine groups is 1. The van der Waals surface area contributed by atoms with Crippen molar-refractivity contribution >= 4 is 11.5 Å². The van der Waals surface area contributed by atoms with Crippen LogP contribution in [0, 0.1) is 17.2 Å². The number of allylic oxidation sites excluding steroid dienone is 3. The fraction of sp³-hybridized carbons (Fsp3) is 0.250. The number of hydrogen-bond acceptors (Lipinski definition) is 2. The summed E-state index contributed by atoms with van der Waals surface area (Å²) in [6.45, 7) is 4.17. The van der Waals surface area contributed by atoms with Gasteiger partial charge in [0.25, 0.3) is 0 Å². The topological polar surface area (TPSA) is 48.2 Å². The van der Waals surface area contributed by atoms with Gasteiger partial charge in [-0.2, -0.15) is 5.26 Å². The molecule has 96 valence electrons. The maximum absolute atomic E-state index is 8.79. The lowest BCUT2D eigenvalue weighted by molar-refractivity contribution is 0.790. The van der Waals surface area contributed by atoms with E-state index in [-0.39, 0.29) is 0 Å². The Morgan fingerprint density at radius 3 is 2.68 bits per heavy atom. The average molecular weight is 251 g/mol. The minimum absolute atomic E-state index is 0.296. The summed E-state index contributed by atoms with van der Waals surface area (Å²) in [5.41, 5.74) is 2.60. The summed E-state index contributed by atoms with van der Waals surface area (Å²) in [7, 11) is 0. The van der Waals surface area contributed by atoms with E-state index in [0.29, 0.717) is 11.5 Å². The van der Waals surface area contributed by atoms with Gasteiger partial charge in [0, 0.05) is 11.6 Å². The number of nitrogens with one attached hydrogen (secondary N) is 1. The first kappa shape index (κ1) is 13.1. The molecule has 0 saturated carbocycles. The lowest BCUT2D eigenvalue weighted by Crippen LogP contribution is -2.27. The van der Waals surface area contributed by atoms with Crippen molar-refractivity contribution in [2.45, 2.75) is 20.3 Å². The molecule has 1 aromatic carbocycles. The highest BCUT2D eigenvalue weighted by Gasteiger charge is 2.13. The van der Waals surface area contributed by atoms with Gasteiger partial charge in [0.2, 0.25) is 0 Å². The van der Waals surface area contributed by atoms with Crippen LogP contribution in [0.2, 0.25) is 0 Å². The van der Waals surface area contributed by atoms with Crippen LogP contribution in [0.5, 0.6) is 0 Å². The van der Waals surface area contributed by atoms with Gasteiger partial charge in [0.15, 0.2) is 0 Å². The number of benzene rings is 1. The molecule has 0 fully saturated rings. The quantitative estimate of drug-likeness (QED) is 0.871. The molecular formula is C16H17N3. The van der Waals surface area contributed by atoms with Crippen LogP contribution in [0.4, 0.5) is 5.69 Å². The zero-order valence-electron chi connectivity index (χ0n) is 11.2. The monoisotopic (exact) mass is 251 g/mol. The summed E-state index contributed by atoms with van der Waals surface area (Å²) in [6, 6.07) is 9.42. The summed E-state index contributed by atoms with van der Waals surface area (Å²) in [6.07, 6.45) is 7.27. The molecule has 0 bridgehead atoms. The molecule has 2 rings (SSSR count). The maximum Gasteiger partial charge on any atom is 0.113 e. The van der Waals surface area contributed by atoms with E-state index < -0.39 is 0 Å². The molecule has 0 radical (unpaired) electrons. The van der Waals surface area contributed by atoms with E-state index in [0.717, 1.165) is 23.6 Å². The second-order valence-electron chi connectivity index (χ2n) is 4.53. The zero-order valence-corrected chi connectivity index (χ0v) is 11.2. The predicted molar refractivity (Wildman–Crippen MR) is 78.1 cm³/mol. The SMILES string of the molecule is CCC1C=CC=C(C)NC1=Nc1ccc(C#N)cc1. The summed E-state index contributed by atoms with van der Waals surface area (Å²) in [4.78, 5) is 4.66. The van der Waals surface area contributed by atoms with Gasteiger partial charge >= 0.3 is 0 Å². The Balaban J connectivity index is 2.30. The van der Waals surface area contributed by atoms with Gasteiger partial charge in [0.05, 0.1) is 17.3 Å². The standard InChI is InChI=1S/C16H17N3/c1-3-14-6-4-5-12(2)18-16(14)19-15-9-7-13(11-17)8-10-15/h4-10,14H,3H2,1-2H3,(H,18,19). The van der Waals surface area contributed by atoms with E-state index in [9.17, 15) is 0 Å². The Morgan fingerprint density at radius 1 is 1.32 bits per heavy atom. The molecule has 0 aliphatic carbocycles. The van der Waals surface area contributed by atoms with Gasteiger partial charge < -0.3 is 5.32 Å². The normalized spacial score (nSPS) is 20.4. The van der Waals surface area contributed by atoms with Crippen molar-refractivity contribution in [2.24, 2.45) is 10.9 Å². The Bertz CT molecular complexity index is 571.